The van der Waals surface area contributed by atoms with Crippen LogP contribution in [-0.4, -0.2) is 9.97 Å². The molecule has 130 valence electrons. The van der Waals surface area contributed by atoms with Crippen molar-refractivity contribution in [1.82, 2.24) is 9.97 Å². The number of nitrogens with zero attached hydrogens (tertiary/aromatic N) is 2. The Morgan fingerprint density at radius 2 is 1.77 bits per heavy atom. The second kappa shape index (κ2) is 7.62. The van der Waals surface area contributed by atoms with Gasteiger partial charge in [0.15, 0.2) is 0 Å². The molecule has 1 N–H and O–H groups in total. The highest BCUT2D eigenvalue weighted by atomic mass is 127. The van der Waals surface area contributed by atoms with Gasteiger partial charge in [0.1, 0.15) is 17.0 Å². The van der Waals surface area contributed by atoms with Crippen LogP contribution >= 0.6 is 49.9 Å². The maximum Gasteiger partial charge on any atom is 0.143 e. The van der Waals surface area contributed by atoms with Gasteiger partial charge in [-0.15, -0.1) is 11.3 Å². The van der Waals surface area contributed by atoms with E-state index in [2.05, 4.69) is 109 Å². The predicted molar refractivity (Wildman–Crippen MR) is 122 cm³/mol. The summed E-state index contributed by atoms with van der Waals surface area (Å²) in [7, 11) is 0. The van der Waals surface area contributed by atoms with E-state index in [0.29, 0.717) is 0 Å². The lowest BCUT2D eigenvalue weighted by Crippen LogP contribution is -1.96. The molecular formula is C20H15BrIN3S. The number of hydrogen-bond donors (Lipinski definition) is 1. The molecule has 0 unspecified atom stereocenters. The van der Waals surface area contributed by atoms with Crippen LogP contribution in [0.1, 0.15) is 11.8 Å². The van der Waals surface area contributed by atoms with Crippen LogP contribution in [0.25, 0.3) is 21.3 Å². The Hall–Kier alpha value is -1.51. The highest BCUT2D eigenvalue weighted by Crippen LogP contribution is 2.41. The lowest BCUT2D eigenvalue weighted by atomic mass is 10.0. The molecule has 26 heavy (non-hydrogen) atoms. The maximum absolute atomic E-state index is 4.55. The molecule has 0 amide bonds. The van der Waals surface area contributed by atoms with Crippen LogP contribution < -0.4 is 5.32 Å². The first kappa shape index (κ1) is 17.9. The van der Waals surface area contributed by atoms with Crippen LogP contribution in [-0.2, 0) is 6.42 Å². The summed E-state index contributed by atoms with van der Waals surface area (Å²) in [5.74, 6) is 0.852. The topological polar surface area (TPSA) is 37.8 Å². The monoisotopic (exact) mass is 535 g/mol. The van der Waals surface area contributed by atoms with E-state index < -0.39 is 0 Å². The Morgan fingerprint density at radius 3 is 2.46 bits per heavy atom. The van der Waals surface area contributed by atoms with Crippen LogP contribution in [0.5, 0.6) is 0 Å². The quantitative estimate of drug-likeness (QED) is 0.285. The maximum atomic E-state index is 4.55. The molecule has 0 saturated carbocycles. The molecule has 0 spiro atoms. The number of aromatic nitrogens is 2. The first-order valence-electron chi connectivity index (χ1n) is 8.20. The Kier molecular flexibility index (Phi) is 5.24. The fourth-order valence-electron chi connectivity index (χ4n) is 2.91. The summed E-state index contributed by atoms with van der Waals surface area (Å²) in [6.07, 6.45) is 2.61. The molecule has 2 heterocycles. The standard InChI is InChI=1S/C20H15BrIN3S/c1-2-16-17(12-3-5-13(21)6-4-12)18-19(23-11-24-20(18)26-16)25-15-9-7-14(22)8-10-15/h3-11H,2H2,1H3,(H,23,24,25). The van der Waals surface area contributed by atoms with E-state index in [1.54, 1.807) is 17.7 Å². The Balaban J connectivity index is 1.89. The number of benzene rings is 2. The molecule has 0 aliphatic carbocycles. The van der Waals surface area contributed by atoms with Crippen LogP contribution in [0.4, 0.5) is 11.5 Å². The lowest BCUT2D eigenvalue weighted by molar-refractivity contribution is 1.19. The molecule has 2 aromatic heterocycles. The number of nitrogens with one attached hydrogen (secondary N) is 1. The summed E-state index contributed by atoms with van der Waals surface area (Å²) in [5.41, 5.74) is 3.45. The number of rotatable bonds is 4. The Morgan fingerprint density at radius 1 is 1.04 bits per heavy atom. The van der Waals surface area contributed by atoms with E-state index in [1.807, 2.05) is 0 Å². The van der Waals surface area contributed by atoms with E-state index in [1.165, 1.54) is 19.6 Å². The minimum atomic E-state index is 0.852. The van der Waals surface area contributed by atoms with Crippen LogP contribution in [0.15, 0.2) is 59.3 Å². The molecule has 0 radical (unpaired) electrons. The van der Waals surface area contributed by atoms with Gasteiger partial charge in [0.25, 0.3) is 0 Å². The van der Waals surface area contributed by atoms with Crippen molar-refractivity contribution in [2.24, 2.45) is 0 Å². The van der Waals surface area contributed by atoms with E-state index in [-0.39, 0.29) is 0 Å². The zero-order valence-electron chi connectivity index (χ0n) is 14.0. The van der Waals surface area contributed by atoms with Gasteiger partial charge in [0.2, 0.25) is 0 Å². The molecule has 0 fully saturated rings. The van der Waals surface area contributed by atoms with Gasteiger partial charge in [-0.3, -0.25) is 0 Å². The second-order valence-electron chi connectivity index (χ2n) is 5.80. The van der Waals surface area contributed by atoms with Crippen LogP contribution in [0.3, 0.4) is 0 Å². The van der Waals surface area contributed by atoms with Gasteiger partial charge in [0, 0.05) is 24.2 Å². The van der Waals surface area contributed by atoms with Crippen LogP contribution in [0, 0.1) is 3.57 Å². The summed E-state index contributed by atoms with van der Waals surface area (Å²) in [4.78, 5) is 11.4. The number of thiophene rings is 1. The highest BCUT2D eigenvalue weighted by Gasteiger charge is 2.18. The fraction of sp³-hybridized carbons (Fsp3) is 0.100. The van der Waals surface area contributed by atoms with E-state index >= 15 is 0 Å². The molecule has 2 aromatic carbocycles. The van der Waals surface area contributed by atoms with Gasteiger partial charge in [-0.2, -0.15) is 0 Å². The van der Waals surface area contributed by atoms with Gasteiger partial charge in [-0.25, -0.2) is 9.97 Å². The molecule has 4 rings (SSSR count). The third-order valence-electron chi connectivity index (χ3n) is 4.12. The number of halogens is 2. The number of anilines is 2. The molecule has 0 bridgehead atoms. The Bertz CT molecular complexity index is 1060. The molecule has 4 aromatic rings. The van der Waals surface area contributed by atoms with Gasteiger partial charge in [-0.1, -0.05) is 35.0 Å². The van der Waals surface area contributed by atoms with Crippen molar-refractivity contribution in [2.75, 3.05) is 5.32 Å². The van der Waals surface area contributed by atoms with Crippen molar-refractivity contribution in [3.05, 3.63) is 67.8 Å². The molecule has 0 saturated heterocycles. The van der Waals surface area contributed by atoms with Gasteiger partial charge in [0.05, 0.1) is 5.39 Å². The van der Waals surface area contributed by atoms with Crippen molar-refractivity contribution in [3.63, 3.8) is 0 Å². The Labute approximate surface area is 178 Å². The zero-order valence-corrected chi connectivity index (χ0v) is 18.5. The lowest BCUT2D eigenvalue weighted by Gasteiger charge is -2.10. The summed E-state index contributed by atoms with van der Waals surface area (Å²) in [5, 5.41) is 4.57. The summed E-state index contributed by atoms with van der Waals surface area (Å²) in [6, 6.07) is 16.8. The summed E-state index contributed by atoms with van der Waals surface area (Å²) < 4.78 is 2.28. The SMILES string of the molecule is CCc1sc2ncnc(Nc3ccc(I)cc3)c2c1-c1ccc(Br)cc1. The van der Waals surface area contributed by atoms with Crippen molar-refractivity contribution >= 4 is 71.6 Å². The van der Waals surface area contributed by atoms with Crippen LogP contribution in [0.2, 0.25) is 0 Å². The number of fused-ring (bicyclic) bond motifs is 1. The largest absolute Gasteiger partial charge is 0.340 e. The molecule has 0 aliphatic heterocycles. The minimum absolute atomic E-state index is 0.852. The van der Waals surface area contributed by atoms with Gasteiger partial charge < -0.3 is 5.32 Å². The first-order chi connectivity index (χ1) is 12.7. The molecular weight excluding hydrogens is 521 g/mol. The molecule has 3 nitrogen and oxygen atoms in total. The number of aryl methyl sites for hydroxylation is 1. The van der Waals surface area contributed by atoms with E-state index in [9.17, 15) is 0 Å². The average Bonchev–Trinajstić information content (AvgIpc) is 3.04. The minimum Gasteiger partial charge on any atom is -0.340 e. The summed E-state index contributed by atoms with van der Waals surface area (Å²) in [6.45, 7) is 2.19. The van der Waals surface area contributed by atoms with E-state index in [4.69, 9.17) is 0 Å². The molecule has 6 heteroatoms. The van der Waals surface area contributed by atoms with E-state index in [0.717, 1.165) is 32.6 Å². The van der Waals surface area contributed by atoms with Gasteiger partial charge >= 0.3 is 0 Å². The summed E-state index contributed by atoms with van der Waals surface area (Å²) >= 11 is 7.58. The average molecular weight is 536 g/mol. The van der Waals surface area contributed by atoms with Crippen molar-refractivity contribution in [1.29, 1.82) is 0 Å². The fourth-order valence-corrected chi connectivity index (χ4v) is 4.64. The normalized spacial score (nSPS) is 11.0. The van der Waals surface area contributed by atoms with Gasteiger partial charge in [-0.05, 0) is 71.0 Å². The molecule has 0 aliphatic rings. The van der Waals surface area contributed by atoms with Crippen molar-refractivity contribution in [2.45, 2.75) is 13.3 Å². The smallest absolute Gasteiger partial charge is 0.143 e. The predicted octanol–water partition coefficient (Wildman–Crippen LogP) is 7.03. The zero-order chi connectivity index (χ0) is 18.1. The van der Waals surface area contributed by atoms with Crippen molar-refractivity contribution in [3.8, 4) is 11.1 Å². The third kappa shape index (κ3) is 3.50. The molecule has 0 atom stereocenters. The third-order valence-corrected chi connectivity index (χ3v) is 6.61. The van der Waals surface area contributed by atoms with Crippen molar-refractivity contribution < 1.29 is 0 Å². The first-order valence-corrected chi connectivity index (χ1v) is 10.9. The number of hydrogen-bond acceptors (Lipinski definition) is 4. The highest BCUT2D eigenvalue weighted by molar-refractivity contribution is 14.1. The second-order valence-corrected chi connectivity index (χ2v) is 9.04.